The quantitative estimate of drug-likeness (QED) is 0.593. The fourth-order valence-electron chi connectivity index (χ4n) is 3.04. The Hall–Kier alpha value is -3.67. The average molecular weight is 344 g/mol. The van der Waals surface area contributed by atoms with Crippen LogP contribution in [-0.2, 0) is 0 Å². The molecule has 1 amide bonds. The number of nitrogens with one attached hydrogen (secondary N) is 1. The number of amides is 1. The fraction of sp³-hybridized carbons (Fsp3) is 0.0500. The molecule has 0 spiro atoms. The average Bonchev–Trinajstić information content (AvgIpc) is 3.12. The third kappa shape index (κ3) is 2.57. The molecule has 0 radical (unpaired) electrons. The lowest BCUT2D eigenvalue weighted by Crippen LogP contribution is -2.10. The maximum atomic E-state index is 11.3. The van der Waals surface area contributed by atoms with Crippen molar-refractivity contribution < 1.29 is 9.53 Å². The van der Waals surface area contributed by atoms with Crippen molar-refractivity contribution in [3.05, 3.63) is 66.4 Å². The molecule has 128 valence electrons. The second kappa shape index (κ2) is 6.33. The molecule has 0 saturated heterocycles. The minimum Gasteiger partial charge on any atom is -0.496 e. The van der Waals surface area contributed by atoms with E-state index in [-0.39, 0.29) is 0 Å². The van der Waals surface area contributed by atoms with Crippen LogP contribution in [0.3, 0.4) is 0 Å². The molecule has 26 heavy (non-hydrogen) atoms. The van der Waals surface area contributed by atoms with E-state index in [0.717, 1.165) is 33.5 Å². The number of primary amides is 1. The summed E-state index contributed by atoms with van der Waals surface area (Å²) in [6.45, 7) is 0. The molecule has 0 atom stereocenters. The molecule has 0 fully saturated rings. The highest BCUT2D eigenvalue weighted by atomic mass is 16.5. The Bertz CT molecular complexity index is 1100. The molecule has 2 aromatic heterocycles. The molecule has 4 aromatic rings. The first-order chi connectivity index (χ1) is 12.7. The van der Waals surface area contributed by atoms with E-state index in [1.807, 2.05) is 42.5 Å². The number of pyridine rings is 1. The number of aromatic amines is 1. The molecule has 0 aliphatic heterocycles. The lowest BCUT2D eigenvalue weighted by molar-refractivity contribution is 0.100. The number of carbonyl (C=O) groups is 1. The zero-order valence-electron chi connectivity index (χ0n) is 14.1. The predicted octanol–water partition coefficient (Wildman–Crippen LogP) is 3.40. The topological polar surface area (TPSA) is 93.9 Å². The van der Waals surface area contributed by atoms with Gasteiger partial charge in [0.15, 0.2) is 5.65 Å². The summed E-state index contributed by atoms with van der Waals surface area (Å²) in [4.78, 5) is 15.7. The van der Waals surface area contributed by atoms with E-state index >= 15 is 0 Å². The summed E-state index contributed by atoms with van der Waals surface area (Å²) in [6, 6.07) is 16.8. The number of carbonyl (C=O) groups excluding carboxylic acids is 1. The molecule has 6 nitrogen and oxygen atoms in total. The largest absolute Gasteiger partial charge is 0.496 e. The second-order valence-electron chi connectivity index (χ2n) is 5.80. The van der Waals surface area contributed by atoms with E-state index in [1.54, 1.807) is 25.4 Å². The van der Waals surface area contributed by atoms with Crippen molar-refractivity contribution in [1.82, 2.24) is 15.2 Å². The smallest absolute Gasteiger partial charge is 0.248 e. The summed E-state index contributed by atoms with van der Waals surface area (Å²) < 4.78 is 5.48. The fourth-order valence-corrected chi connectivity index (χ4v) is 3.04. The summed E-state index contributed by atoms with van der Waals surface area (Å²) >= 11 is 0. The van der Waals surface area contributed by atoms with Gasteiger partial charge in [-0.15, -0.1) is 0 Å². The second-order valence-corrected chi connectivity index (χ2v) is 5.80. The Labute approximate surface area is 149 Å². The van der Waals surface area contributed by atoms with E-state index in [2.05, 4.69) is 15.2 Å². The zero-order chi connectivity index (χ0) is 18.1. The molecule has 2 heterocycles. The van der Waals surface area contributed by atoms with Crippen molar-refractivity contribution >= 4 is 16.9 Å². The van der Waals surface area contributed by atoms with Gasteiger partial charge in [0.25, 0.3) is 0 Å². The third-order valence-corrected chi connectivity index (χ3v) is 4.30. The van der Waals surface area contributed by atoms with Crippen molar-refractivity contribution in [3.63, 3.8) is 0 Å². The molecule has 0 bridgehead atoms. The van der Waals surface area contributed by atoms with Crippen LogP contribution in [0, 0.1) is 0 Å². The number of aromatic nitrogens is 3. The third-order valence-electron chi connectivity index (χ3n) is 4.30. The first-order valence-corrected chi connectivity index (χ1v) is 8.05. The molecule has 0 unspecified atom stereocenters. The van der Waals surface area contributed by atoms with Crippen LogP contribution in [0.25, 0.3) is 33.4 Å². The van der Waals surface area contributed by atoms with Gasteiger partial charge in [0.2, 0.25) is 5.91 Å². The normalized spacial score (nSPS) is 10.8. The standard InChI is InChI=1S/C20H16N4O2/c1-26-16-5-3-2-4-15(16)18-17-14(10-11-22-20(17)24-23-18)12-6-8-13(9-7-12)19(21)25/h2-11H,1H3,(H2,21,25)(H,22,23,24). The van der Waals surface area contributed by atoms with E-state index in [0.29, 0.717) is 11.2 Å². The van der Waals surface area contributed by atoms with Crippen LogP contribution in [0.2, 0.25) is 0 Å². The number of hydrogen-bond donors (Lipinski definition) is 2. The Kier molecular flexibility index (Phi) is 3.85. The summed E-state index contributed by atoms with van der Waals surface area (Å²) in [6.07, 6.45) is 1.73. The predicted molar refractivity (Wildman–Crippen MR) is 99.8 cm³/mol. The van der Waals surface area contributed by atoms with Crippen molar-refractivity contribution in [3.8, 4) is 28.1 Å². The molecule has 0 saturated carbocycles. The SMILES string of the molecule is COc1ccccc1-c1n[nH]c2nccc(-c3ccc(C(N)=O)cc3)c12. The van der Waals surface area contributed by atoms with Gasteiger partial charge in [-0.2, -0.15) is 5.10 Å². The number of para-hydroxylation sites is 1. The van der Waals surface area contributed by atoms with Crippen molar-refractivity contribution in [1.29, 1.82) is 0 Å². The number of rotatable bonds is 4. The number of fused-ring (bicyclic) bond motifs is 1. The molecule has 2 aromatic carbocycles. The van der Waals surface area contributed by atoms with Gasteiger partial charge in [0.1, 0.15) is 11.4 Å². The number of methoxy groups -OCH3 is 1. The highest BCUT2D eigenvalue weighted by molar-refractivity contribution is 6.03. The molecule has 6 heteroatoms. The Morgan fingerprint density at radius 1 is 1.04 bits per heavy atom. The molecule has 0 aliphatic rings. The van der Waals surface area contributed by atoms with Gasteiger partial charge in [0, 0.05) is 17.3 Å². The van der Waals surface area contributed by atoms with Crippen LogP contribution < -0.4 is 10.5 Å². The number of nitrogens with two attached hydrogens (primary N) is 1. The Morgan fingerprint density at radius 3 is 2.54 bits per heavy atom. The summed E-state index contributed by atoms with van der Waals surface area (Å²) in [5, 5.41) is 8.34. The van der Waals surface area contributed by atoms with Gasteiger partial charge in [0.05, 0.1) is 12.5 Å². The van der Waals surface area contributed by atoms with Gasteiger partial charge >= 0.3 is 0 Å². The molecule has 4 rings (SSSR count). The molecule has 3 N–H and O–H groups in total. The van der Waals surface area contributed by atoms with Gasteiger partial charge in [-0.3, -0.25) is 9.89 Å². The van der Waals surface area contributed by atoms with Crippen LogP contribution in [0.4, 0.5) is 0 Å². The Balaban J connectivity index is 1.94. The number of hydrogen-bond acceptors (Lipinski definition) is 4. The molecule has 0 aliphatic carbocycles. The summed E-state index contributed by atoms with van der Waals surface area (Å²) in [7, 11) is 1.63. The van der Waals surface area contributed by atoms with Gasteiger partial charge in [-0.05, 0) is 41.5 Å². The minimum atomic E-state index is -0.450. The van der Waals surface area contributed by atoms with Crippen LogP contribution in [0.15, 0.2) is 60.8 Å². The van der Waals surface area contributed by atoms with Crippen LogP contribution in [0.1, 0.15) is 10.4 Å². The van der Waals surface area contributed by atoms with E-state index in [9.17, 15) is 4.79 Å². The Morgan fingerprint density at radius 2 is 1.81 bits per heavy atom. The van der Waals surface area contributed by atoms with Gasteiger partial charge in [-0.25, -0.2) is 4.98 Å². The van der Waals surface area contributed by atoms with Crippen molar-refractivity contribution in [2.75, 3.05) is 7.11 Å². The number of benzene rings is 2. The first kappa shape index (κ1) is 15.8. The summed E-state index contributed by atoms with van der Waals surface area (Å²) in [5.41, 5.74) is 10.0. The van der Waals surface area contributed by atoms with E-state index in [4.69, 9.17) is 10.5 Å². The van der Waals surface area contributed by atoms with Crippen LogP contribution in [0.5, 0.6) is 5.75 Å². The highest BCUT2D eigenvalue weighted by Gasteiger charge is 2.17. The van der Waals surface area contributed by atoms with Gasteiger partial charge in [-0.1, -0.05) is 24.3 Å². The van der Waals surface area contributed by atoms with Crippen molar-refractivity contribution in [2.45, 2.75) is 0 Å². The maximum Gasteiger partial charge on any atom is 0.248 e. The first-order valence-electron chi connectivity index (χ1n) is 8.05. The molecular formula is C20H16N4O2. The molecular weight excluding hydrogens is 328 g/mol. The lowest BCUT2D eigenvalue weighted by atomic mass is 9.98. The lowest BCUT2D eigenvalue weighted by Gasteiger charge is -2.09. The van der Waals surface area contributed by atoms with Crippen LogP contribution >= 0.6 is 0 Å². The number of nitrogens with zero attached hydrogens (tertiary/aromatic N) is 2. The van der Waals surface area contributed by atoms with E-state index in [1.165, 1.54) is 0 Å². The maximum absolute atomic E-state index is 11.3. The minimum absolute atomic E-state index is 0.450. The van der Waals surface area contributed by atoms with Gasteiger partial charge < -0.3 is 10.5 Å². The monoisotopic (exact) mass is 344 g/mol. The number of H-pyrrole nitrogens is 1. The van der Waals surface area contributed by atoms with Crippen molar-refractivity contribution in [2.24, 2.45) is 5.73 Å². The van der Waals surface area contributed by atoms with E-state index < -0.39 is 5.91 Å². The number of ether oxygens (including phenoxy) is 1. The summed E-state index contributed by atoms with van der Waals surface area (Å²) in [5.74, 6) is 0.286. The highest BCUT2D eigenvalue weighted by Crippen LogP contribution is 2.37. The van der Waals surface area contributed by atoms with Crippen LogP contribution in [-0.4, -0.2) is 28.2 Å². The zero-order valence-corrected chi connectivity index (χ0v) is 14.1.